The van der Waals surface area contributed by atoms with Crippen LogP contribution in [0.5, 0.6) is 0 Å². The Morgan fingerprint density at radius 1 is 1.29 bits per heavy atom. The van der Waals surface area contributed by atoms with Crippen molar-refractivity contribution in [2.45, 2.75) is 24.7 Å². The number of ketones is 1. The highest BCUT2D eigenvalue weighted by Crippen LogP contribution is 2.49. The number of esters is 1. The van der Waals surface area contributed by atoms with Gasteiger partial charge in [0.15, 0.2) is 5.78 Å². The van der Waals surface area contributed by atoms with Gasteiger partial charge < -0.3 is 4.74 Å². The molecule has 0 atom stereocenters. The first-order valence-corrected chi connectivity index (χ1v) is 5.45. The normalized spacial score (nSPS) is 16.4. The molecule has 0 saturated heterocycles. The monoisotopic (exact) mass is 236 g/mol. The van der Waals surface area contributed by atoms with Crippen molar-refractivity contribution in [1.29, 1.82) is 0 Å². The molecule has 0 bridgehead atoms. The summed E-state index contributed by atoms with van der Waals surface area (Å²) in [5.41, 5.74) is 0.204. The van der Waals surface area contributed by atoms with Crippen LogP contribution < -0.4 is 0 Å². The third-order valence-electron chi connectivity index (χ3n) is 3.21. The minimum atomic E-state index is -0.581. The Labute approximate surface area is 98.6 Å². The predicted octanol–water partition coefficient (Wildman–Crippen LogP) is 1.99. The second kappa shape index (κ2) is 4.28. The van der Waals surface area contributed by atoms with E-state index in [0.717, 1.165) is 5.56 Å². The van der Waals surface area contributed by atoms with Crippen LogP contribution in [-0.2, 0) is 19.7 Å². The molecule has 0 unspecified atom stereocenters. The fraction of sp³-hybridized carbons (Fsp3) is 0.385. The van der Waals surface area contributed by atoms with Crippen LogP contribution in [-0.4, -0.2) is 18.9 Å². The van der Waals surface area contributed by atoms with Gasteiger partial charge in [0, 0.05) is 0 Å². The number of carbonyl (C=O) groups is 2. The predicted molar refractivity (Wildman–Crippen MR) is 59.0 cm³/mol. The highest BCUT2D eigenvalue weighted by molar-refractivity contribution is 6.03. The Morgan fingerprint density at radius 2 is 1.88 bits per heavy atom. The average Bonchev–Trinajstić information content (AvgIpc) is 3.11. The number of ether oxygens (including phenoxy) is 1. The Bertz CT molecular complexity index is 446. The molecule has 0 amide bonds. The molecule has 1 saturated carbocycles. The summed E-state index contributed by atoms with van der Waals surface area (Å²) in [6.45, 7) is 0. The zero-order valence-electron chi connectivity index (χ0n) is 9.53. The SMILES string of the molecule is COC(=O)CC(=O)C1(c2ccc(F)cc2)CC1. The third kappa shape index (κ3) is 2.20. The topological polar surface area (TPSA) is 43.4 Å². The second-order valence-corrected chi connectivity index (χ2v) is 4.27. The number of hydrogen-bond acceptors (Lipinski definition) is 3. The van der Waals surface area contributed by atoms with Crippen molar-refractivity contribution < 1.29 is 18.7 Å². The van der Waals surface area contributed by atoms with Gasteiger partial charge in [-0.3, -0.25) is 9.59 Å². The molecule has 17 heavy (non-hydrogen) atoms. The van der Waals surface area contributed by atoms with E-state index in [-0.39, 0.29) is 18.0 Å². The number of carbonyl (C=O) groups excluding carboxylic acids is 2. The van der Waals surface area contributed by atoms with E-state index in [1.165, 1.54) is 19.2 Å². The standard InChI is InChI=1S/C13H13FO3/c1-17-12(16)8-11(15)13(6-7-13)9-2-4-10(14)5-3-9/h2-5H,6-8H2,1H3. The van der Waals surface area contributed by atoms with Crippen molar-refractivity contribution in [2.24, 2.45) is 0 Å². The van der Waals surface area contributed by atoms with Gasteiger partial charge >= 0.3 is 5.97 Å². The lowest BCUT2D eigenvalue weighted by molar-refractivity contribution is -0.143. The average molecular weight is 236 g/mol. The van der Waals surface area contributed by atoms with Gasteiger partial charge in [0.25, 0.3) is 0 Å². The number of halogens is 1. The van der Waals surface area contributed by atoms with Crippen LogP contribution in [0.25, 0.3) is 0 Å². The van der Waals surface area contributed by atoms with Crippen LogP contribution in [0, 0.1) is 5.82 Å². The van der Waals surface area contributed by atoms with Crippen molar-refractivity contribution in [2.75, 3.05) is 7.11 Å². The molecule has 0 radical (unpaired) electrons. The molecule has 1 fully saturated rings. The lowest BCUT2D eigenvalue weighted by atomic mass is 9.90. The molecule has 1 aromatic carbocycles. The van der Waals surface area contributed by atoms with Crippen LogP contribution in [0.15, 0.2) is 24.3 Å². The van der Waals surface area contributed by atoms with Gasteiger partial charge in [-0.25, -0.2) is 4.39 Å². The van der Waals surface area contributed by atoms with Gasteiger partial charge in [0.1, 0.15) is 12.2 Å². The molecule has 3 nitrogen and oxygen atoms in total. The van der Waals surface area contributed by atoms with Crippen molar-refractivity contribution in [3.63, 3.8) is 0 Å². The third-order valence-corrected chi connectivity index (χ3v) is 3.21. The number of benzene rings is 1. The van der Waals surface area contributed by atoms with Crippen molar-refractivity contribution in [3.8, 4) is 0 Å². The number of rotatable bonds is 4. The highest BCUT2D eigenvalue weighted by Gasteiger charge is 2.51. The number of methoxy groups -OCH3 is 1. The zero-order chi connectivity index (χ0) is 12.5. The van der Waals surface area contributed by atoms with E-state index in [1.54, 1.807) is 12.1 Å². The summed E-state index contributed by atoms with van der Waals surface area (Å²) >= 11 is 0. The molecule has 1 aromatic rings. The summed E-state index contributed by atoms with van der Waals surface area (Å²) in [6, 6.07) is 5.89. The fourth-order valence-electron chi connectivity index (χ4n) is 1.99. The fourth-order valence-corrected chi connectivity index (χ4v) is 1.99. The Hall–Kier alpha value is -1.71. The molecule has 0 aliphatic heterocycles. The van der Waals surface area contributed by atoms with E-state index in [9.17, 15) is 14.0 Å². The summed E-state index contributed by atoms with van der Waals surface area (Å²) in [6.07, 6.45) is 1.22. The molecule has 1 aliphatic rings. The first kappa shape index (κ1) is 11.8. The van der Waals surface area contributed by atoms with E-state index in [1.807, 2.05) is 0 Å². The minimum Gasteiger partial charge on any atom is -0.469 e. The van der Waals surface area contributed by atoms with E-state index >= 15 is 0 Å². The van der Waals surface area contributed by atoms with Crippen LogP contribution in [0.1, 0.15) is 24.8 Å². The second-order valence-electron chi connectivity index (χ2n) is 4.27. The molecule has 2 rings (SSSR count). The molecule has 1 aliphatic carbocycles. The van der Waals surface area contributed by atoms with E-state index < -0.39 is 11.4 Å². The van der Waals surface area contributed by atoms with Crippen molar-refractivity contribution in [1.82, 2.24) is 0 Å². The molecular weight excluding hydrogens is 223 g/mol. The van der Waals surface area contributed by atoms with Gasteiger partial charge in [0.05, 0.1) is 12.5 Å². The largest absolute Gasteiger partial charge is 0.469 e. The van der Waals surface area contributed by atoms with E-state index in [0.29, 0.717) is 12.8 Å². The summed E-state index contributed by atoms with van der Waals surface area (Å²) in [7, 11) is 1.26. The Kier molecular flexibility index (Phi) is 2.96. The summed E-state index contributed by atoms with van der Waals surface area (Å²) in [4.78, 5) is 23.1. The highest BCUT2D eigenvalue weighted by atomic mass is 19.1. The summed E-state index contributed by atoms with van der Waals surface area (Å²) in [5, 5.41) is 0. The Morgan fingerprint density at radius 3 is 2.35 bits per heavy atom. The number of Topliss-reactive ketones (excluding diaryl/α,β-unsaturated/α-hetero) is 1. The van der Waals surface area contributed by atoms with Gasteiger partial charge in [-0.1, -0.05) is 12.1 Å². The van der Waals surface area contributed by atoms with Crippen LogP contribution in [0.2, 0.25) is 0 Å². The van der Waals surface area contributed by atoms with E-state index in [4.69, 9.17) is 0 Å². The first-order chi connectivity index (χ1) is 8.08. The summed E-state index contributed by atoms with van der Waals surface area (Å²) < 4.78 is 17.3. The van der Waals surface area contributed by atoms with Gasteiger partial charge in [-0.05, 0) is 30.5 Å². The van der Waals surface area contributed by atoms with Crippen molar-refractivity contribution in [3.05, 3.63) is 35.6 Å². The van der Waals surface area contributed by atoms with E-state index in [2.05, 4.69) is 4.74 Å². The minimum absolute atomic E-state index is 0.143. The molecular formula is C13H13FO3. The van der Waals surface area contributed by atoms with Gasteiger partial charge in [0.2, 0.25) is 0 Å². The quantitative estimate of drug-likeness (QED) is 0.593. The molecule has 0 spiro atoms. The maximum Gasteiger partial charge on any atom is 0.313 e. The van der Waals surface area contributed by atoms with Crippen molar-refractivity contribution >= 4 is 11.8 Å². The van der Waals surface area contributed by atoms with Crippen LogP contribution in [0.4, 0.5) is 4.39 Å². The lowest BCUT2D eigenvalue weighted by Crippen LogP contribution is -2.23. The van der Waals surface area contributed by atoms with Gasteiger partial charge in [-0.2, -0.15) is 0 Å². The molecule has 90 valence electrons. The Balaban J connectivity index is 2.16. The zero-order valence-corrected chi connectivity index (χ0v) is 9.53. The first-order valence-electron chi connectivity index (χ1n) is 5.45. The van der Waals surface area contributed by atoms with Crippen LogP contribution in [0.3, 0.4) is 0 Å². The maximum atomic E-state index is 12.8. The molecule has 0 aromatic heterocycles. The molecule has 0 N–H and O–H groups in total. The lowest BCUT2D eigenvalue weighted by Gasteiger charge is -2.13. The van der Waals surface area contributed by atoms with Gasteiger partial charge in [-0.15, -0.1) is 0 Å². The van der Waals surface area contributed by atoms with Crippen LogP contribution >= 0.6 is 0 Å². The summed E-state index contributed by atoms with van der Waals surface area (Å²) in [5.74, 6) is -0.996. The smallest absolute Gasteiger partial charge is 0.313 e. The molecule has 4 heteroatoms. The maximum absolute atomic E-state index is 12.8. The number of hydrogen-bond donors (Lipinski definition) is 0. The molecule has 0 heterocycles.